The number of rotatable bonds is 8. The standard InChI is InChI=1S/C21H19BClN5O4S2/c1-33(29,30)14-6-8-15(9-7-14)34(31,32)26-11-10-24-20-12-19(16-4-2-3-5-18(16)23)27-21-17(22)13-25-28(20)21/h2-9,12-13,24,26H,10-11H2,1H3. The van der Waals surface area contributed by atoms with Crippen LogP contribution in [0.4, 0.5) is 5.82 Å². The van der Waals surface area contributed by atoms with Gasteiger partial charge in [0.1, 0.15) is 13.7 Å². The number of halogens is 1. The van der Waals surface area contributed by atoms with Crippen molar-refractivity contribution in [3.63, 3.8) is 0 Å². The molecule has 2 aromatic heterocycles. The summed E-state index contributed by atoms with van der Waals surface area (Å²) in [6.45, 7) is 0.277. The van der Waals surface area contributed by atoms with E-state index in [2.05, 4.69) is 20.1 Å². The Hall–Kier alpha value is -2.93. The predicted octanol–water partition coefficient (Wildman–Crippen LogP) is 1.64. The maximum absolute atomic E-state index is 12.5. The van der Waals surface area contributed by atoms with E-state index in [-0.39, 0.29) is 22.9 Å². The zero-order valence-corrected chi connectivity index (χ0v) is 20.3. The van der Waals surface area contributed by atoms with Crippen molar-refractivity contribution in [2.75, 3.05) is 24.7 Å². The Balaban J connectivity index is 1.50. The molecular weight excluding hydrogens is 497 g/mol. The Labute approximate surface area is 203 Å². The molecule has 2 N–H and O–H groups in total. The Morgan fingerprint density at radius 3 is 2.35 bits per heavy atom. The Kier molecular flexibility index (Phi) is 6.68. The van der Waals surface area contributed by atoms with Crippen molar-refractivity contribution in [3.8, 4) is 11.3 Å². The van der Waals surface area contributed by atoms with Crippen molar-refractivity contribution in [2.24, 2.45) is 0 Å². The van der Waals surface area contributed by atoms with Gasteiger partial charge < -0.3 is 5.32 Å². The van der Waals surface area contributed by atoms with Gasteiger partial charge in [0.15, 0.2) is 15.5 Å². The lowest BCUT2D eigenvalue weighted by molar-refractivity contribution is 0.582. The molecule has 34 heavy (non-hydrogen) atoms. The van der Waals surface area contributed by atoms with Crippen LogP contribution in [0.15, 0.2) is 70.6 Å². The number of sulfonamides is 1. The monoisotopic (exact) mass is 515 g/mol. The molecule has 0 unspecified atom stereocenters. The van der Waals surface area contributed by atoms with Crippen LogP contribution in [0.5, 0.6) is 0 Å². The summed E-state index contributed by atoms with van der Waals surface area (Å²) in [6.07, 6.45) is 2.54. The maximum atomic E-state index is 12.5. The molecule has 13 heteroatoms. The smallest absolute Gasteiger partial charge is 0.240 e. The van der Waals surface area contributed by atoms with E-state index in [0.29, 0.717) is 33.2 Å². The highest BCUT2D eigenvalue weighted by Crippen LogP contribution is 2.28. The number of hydrogen-bond acceptors (Lipinski definition) is 7. The molecular formula is C21H19BClN5O4S2. The van der Waals surface area contributed by atoms with Gasteiger partial charge in [0, 0.05) is 42.2 Å². The molecule has 0 aliphatic rings. The van der Waals surface area contributed by atoms with Crippen molar-refractivity contribution < 1.29 is 16.8 Å². The van der Waals surface area contributed by atoms with Gasteiger partial charge in [-0.3, -0.25) is 0 Å². The van der Waals surface area contributed by atoms with Crippen LogP contribution < -0.4 is 15.5 Å². The van der Waals surface area contributed by atoms with Gasteiger partial charge in [0.05, 0.1) is 15.5 Å². The van der Waals surface area contributed by atoms with Crippen molar-refractivity contribution in [1.29, 1.82) is 0 Å². The second kappa shape index (κ2) is 9.38. The average Bonchev–Trinajstić information content (AvgIpc) is 3.17. The van der Waals surface area contributed by atoms with Gasteiger partial charge in [-0.1, -0.05) is 29.8 Å². The minimum absolute atomic E-state index is 0.0351. The number of sulfone groups is 1. The van der Waals surface area contributed by atoms with Crippen LogP contribution in [0.1, 0.15) is 0 Å². The molecule has 0 atom stereocenters. The van der Waals surface area contributed by atoms with Crippen LogP contribution >= 0.6 is 11.6 Å². The van der Waals surface area contributed by atoms with Crippen LogP contribution in [0.25, 0.3) is 16.9 Å². The third kappa shape index (κ3) is 5.09. The predicted molar refractivity (Wildman–Crippen MR) is 132 cm³/mol. The van der Waals surface area contributed by atoms with E-state index in [4.69, 9.17) is 19.4 Å². The van der Waals surface area contributed by atoms with E-state index < -0.39 is 19.9 Å². The van der Waals surface area contributed by atoms with Crippen LogP contribution in [-0.2, 0) is 19.9 Å². The first-order valence-corrected chi connectivity index (χ1v) is 13.7. The van der Waals surface area contributed by atoms with Crippen LogP contribution in [0.3, 0.4) is 0 Å². The number of fused-ring (bicyclic) bond motifs is 1. The first kappa shape index (κ1) is 24.2. The quantitative estimate of drug-likeness (QED) is 0.270. The first-order chi connectivity index (χ1) is 16.1. The molecule has 0 aliphatic heterocycles. The molecule has 0 aliphatic carbocycles. The van der Waals surface area contributed by atoms with Crippen molar-refractivity contribution in [1.82, 2.24) is 19.3 Å². The van der Waals surface area contributed by atoms with E-state index >= 15 is 0 Å². The SMILES string of the molecule is [B]c1cnn2c(NCCNS(=O)(=O)c3ccc(S(C)(=O)=O)cc3)cc(-c3ccccc3Cl)nc12. The van der Waals surface area contributed by atoms with Gasteiger partial charge in [-0.2, -0.15) is 9.61 Å². The third-order valence-corrected chi connectivity index (χ3v) is 7.87. The largest absolute Gasteiger partial charge is 0.369 e. The summed E-state index contributed by atoms with van der Waals surface area (Å²) in [5, 5.41) is 7.89. The summed E-state index contributed by atoms with van der Waals surface area (Å²) in [5.41, 5.74) is 2.12. The van der Waals surface area contributed by atoms with Gasteiger partial charge in [0.25, 0.3) is 0 Å². The summed E-state index contributed by atoms with van der Waals surface area (Å²) in [6, 6.07) is 14.0. The molecule has 0 bridgehead atoms. The lowest BCUT2D eigenvalue weighted by Crippen LogP contribution is -2.29. The fourth-order valence-corrected chi connectivity index (χ4v) is 5.13. The molecule has 4 aromatic rings. The minimum atomic E-state index is -3.83. The third-order valence-electron chi connectivity index (χ3n) is 4.93. The highest BCUT2D eigenvalue weighted by Gasteiger charge is 2.16. The van der Waals surface area contributed by atoms with Crippen LogP contribution in [-0.4, -0.2) is 58.6 Å². The molecule has 2 aromatic carbocycles. The van der Waals surface area contributed by atoms with E-state index in [9.17, 15) is 16.8 Å². The Bertz CT molecular complexity index is 1570. The minimum Gasteiger partial charge on any atom is -0.369 e. The number of anilines is 1. The van der Waals surface area contributed by atoms with Gasteiger partial charge in [0.2, 0.25) is 10.0 Å². The van der Waals surface area contributed by atoms with Crippen LogP contribution in [0.2, 0.25) is 5.02 Å². The lowest BCUT2D eigenvalue weighted by atomic mass is 10.0. The Morgan fingerprint density at radius 2 is 1.68 bits per heavy atom. The second-order valence-corrected chi connectivity index (χ2v) is 11.6. The average molecular weight is 516 g/mol. The number of aromatic nitrogens is 3. The summed E-state index contributed by atoms with van der Waals surface area (Å²) >= 11 is 6.32. The molecule has 4 rings (SSSR count). The zero-order valence-electron chi connectivity index (χ0n) is 17.9. The fourth-order valence-electron chi connectivity index (χ4n) is 3.24. The molecule has 0 amide bonds. The second-order valence-electron chi connectivity index (χ2n) is 7.41. The summed E-state index contributed by atoms with van der Waals surface area (Å²) in [7, 11) is -1.24. The normalized spacial score (nSPS) is 12.2. The van der Waals surface area contributed by atoms with Crippen LogP contribution in [0, 0.1) is 0 Å². The summed E-state index contributed by atoms with van der Waals surface area (Å²) < 4.78 is 52.2. The molecule has 0 saturated heterocycles. The van der Waals surface area contributed by atoms with Crippen molar-refractivity contribution >= 4 is 56.2 Å². The topological polar surface area (TPSA) is 123 Å². The number of nitrogens with zero attached hydrogens (tertiary/aromatic N) is 3. The molecule has 9 nitrogen and oxygen atoms in total. The summed E-state index contributed by atoms with van der Waals surface area (Å²) in [5.74, 6) is 0.549. The first-order valence-electron chi connectivity index (χ1n) is 9.99. The van der Waals surface area contributed by atoms with Gasteiger partial charge in [-0.25, -0.2) is 26.5 Å². The van der Waals surface area contributed by atoms with E-state index in [1.165, 1.54) is 35.0 Å². The molecule has 174 valence electrons. The fraction of sp³-hybridized carbons (Fsp3) is 0.143. The molecule has 0 spiro atoms. The van der Waals surface area contributed by atoms with Crippen molar-refractivity contribution in [3.05, 3.63) is 65.8 Å². The van der Waals surface area contributed by atoms with Gasteiger partial charge in [-0.15, -0.1) is 0 Å². The van der Waals surface area contributed by atoms with E-state index in [0.717, 1.165) is 6.26 Å². The lowest BCUT2D eigenvalue weighted by Gasteiger charge is -2.12. The number of benzene rings is 2. The highest BCUT2D eigenvalue weighted by molar-refractivity contribution is 7.90. The number of hydrogen-bond donors (Lipinski definition) is 2. The molecule has 0 fully saturated rings. The maximum Gasteiger partial charge on any atom is 0.240 e. The van der Waals surface area contributed by atoms with Gasteiger partial charge in [-0.05, 0) is 35.8 Å². The Morgan fingerprint density at radius 1 is 1.00 bits per heavy atom. The zero-order chi connectivity index (χ0) is 24.5. The molecule has 0 saturated carbocycles. The van der Waals surface area contributed by atoms with E-state index in [1.807, 2.05) is 18.2 Å². The van der Waals surface area contributed by atoms with Crippen molar-refractivity contribution in [2.45, 2.75) is 9.79 Å². The van der Waals surface area contributed by atoms with E-state index in [1.54, 1.807) is 12.1 Å². The molecule has 2 radical (unpaired) electrons. The number of nitrogens with one attached hydrogen (secondary N) is 2. The molecule has 2 heterocycles. The highest BCUT2D eigenvalue weighted by atomic mass is 35.5. The van der Waals surface area contributed by atoms with Gasteiger partial charge >= 0.3 is 0 Å². The summed E-state index contributed by atoms with van der Waals surface area (Å²) in [4.78, 5) is 4.56.